The van der Waals surface area contributed by atoms with Crippen LogP contribution in [0.3, 0.4) is 0 Å². The molecule has 0 bridgehead atoms. The Kier molecular flexibility index (Phi) is 4.26. The van der Waals surface area contributed by atoms with E-state index >= 15 is 0 Å². The fraction of sp³-hybridized carbons (Fsp3) is 1.00. The molecule has 0 nitrogen and oxygen atoms in total. The van der Waals surface area contributed by atoms with Crippen molar-refractivity contribution in [2.24, 2.45) is 29.1 Å². The van der Waals surface area contributed by atoms with Gasteiger partial charge >= 0.3 is 0 Å². The van der Waals surface area contributed by atoms with Crippen molar-refractivity contribution in [3.63, 3.8) is 0 Å². The molecule has 0 saturated heterocycles. The summed E-state index contributed by atoms with van der Waals surface area (Å²) in [5.41, 5.74) is 0.614. The van der Waals surface area contributed by atoms with Gasteiger partial charge in [-0.15, -0.1) is 0 Å². The molecule has 0 heteroatoms. The monoisotopic (exact) mass is 210 g/mol. The summed E-state index contributed by atoms with van der Waals surface area (Å²) in [6.07, 6.45) is 5.62. The van der Waals surface area contributed by atoms with Crippen LogP contribution in [0.1, 0.15) is 67.2 Å². The maximum atomic E-state index is 2.54. The van der Waals surface area contributed by atoms with Crippen LogP contribution in [0.5, 0.6) is 0 Å². The van der Waals surface area contributed by atoms with E-state index in [1.807, 2.05) is 0 Å². The van der Waals surface area contributed by atoms with Gasteiger partial charge in [0.1, 0.15) is 0 Å². The van der Waals surface area contributed by atoms with E-state index < -0.39 is 0 Å². The second-order valence-corrected chi connectivity index (χ2v) is 6.19. The normalized spacial score (nSPS) is 40.4. The molecule has 0 amide bonds. The lowest BCUT2D eigenvalue weighted by atomic mass is 9.67. The molecule has 0 radical (unpaired) electrons. The van der Waals surface area contributed by atoms with Crippen molar-refractivity contribution in [1.82, 2.24) is 0 Å². The molecular weight excluding hydrogens is 180 g/mol. The minimum Gasteiger partial charge on any atom is -0.0651 e. The standard InChI is InChI=1S/C15H30/c1-7-11(3)14-9-10-15(6,13(14)5)12(4)8-2/h11-14H,7-10H2,1-6H3. The molecule has 5 atom stereocenters. The third kappa shape index (κ3) is 2.24. The molecule has 0 aliphatic heterocycles. The molecule has 15 heavy (non-hydrogen) atoms. The van der Waals surface area contributed by atoms with Crippen LogP contribution in [-0.4, -0.2) is 0 Å². The lowest BCUT2D eigenvalue weighted by Crippen LogP contribution is -2.31. The average Bonchev–Trinajstić information content (AvgIpc) is 2.55. The highest BCUT2D eigenvalue weighted by molar-refractivity contribution is 4.95. The average molecular weight is 210 g/mol. The van der Waals surface area contributed by atoms with Crippen LogP contribution >= 0.6 is 0 Å². The zero-order valence-electron chi connectivity index (χ0n) is 11.6. The number of hydrogen-bond acceptors (Lipinski definition) is 0. The summed E-state index contributed by atoms with van der Waals surface area (Å²) in [6.45, 7) is 14.6. The van der Waals surface area contributed by atoms with Crippen LogP contribution < -0.4 is 0 Å². The Morgan fingerprint density at radius 3 is 2.27 bits per heavy atom. The summed E-state index contributed by atoms with van der Waals surface area (Å²) in [5.74, 6) is 3.71. The second-order valence-electron chi connectivity index (χ2n) is 6.19. The minimum atomic E-state index is 0.614. The third-order valence-corrected chi connectivity index (χ3v) is 5.81. The fourth-order valence-electron chi connectivity index (χ4n) is 3.69. The van der Waals surface area contributed by atoms with Crippen molar-refractivity contribution in [3.05, 3.63) is 0 Å². The van der Waals surface area contributed by atoms with Gasteiger partial charge in [0.25, 0.3) is 0 Å². The summed E-state index contributed by atoms with van der Waals surface area (Å²) in [5, 5.41) is 0. The maximum Gasteiger partial charge on any atom is -0.0272 e. The van der Waals surface area contributed by atoms with Gasteiger partial charge in [-0.05, 0) is 41.9 Å². The highest BCUT2D eigenvalue weighted by atomic mass is 14.5. The van der Waals surface area contributed by atoms with Gasteiger partial charge in [-0.3, -0.25) is 0 Å². The Balaban J connectivity index is 2.74. The molecule has 0 spiro atoms. The van der Waals surface area contributed by atoms with Gasteiger partial charge in [-0.25, -0.2) is 0 Å². The smallest absolute Gasteiger partial charge is 0.0272 e. The summed E-state index contributed by atoms with van der Waals surface area (Å²) >= 11 is 0. The quantitative estimate of drug-likeness (QED) is 0.603. The Bertz CT molecular complexity index is 196. The molecule has 0 aromatic rings. The van der Waals surface area contributed by atoms with Crippen LogP contribution in [-0.2, 0) is 0 Å². The van der Waals surface area contributed by atoms with Gasteiger partial charge < -0.3 is 0 Å². The van der Waals surface area contributed by atoms with E-state index in [0.717, 1.165) is 23.7 Å². The van der Waals surface area contributed by atoms with E-state index in [4.69, 9.17) is 0 Å². The highest BCUT2D eigenvalue weighted by Gasteiger charge is 2.45. The van der Waals surface area contributed by atoms with E-state index in [-0.39, 0.29) is 0 Å². The Morgan fingerprint density at radius 1 is 1.20 bits per heavy atom. The molecular formula is C15H30. The molecule has 1 rings (SSSR count). The second kappa shape index (κ2) is 4.89. The molecule has 1 aliphatic rings. The van der Waals surface area contributed by atoms with Gasteiger partial charge in [-0.2, -0.15) is 0 Å². The lowest BCUT2D eigenvalue weighted by molar-refractivity contribution is 0.108. The van der Waals surface area contributed by atoms with Gasteiger partial charge in [0.05, 0.1) is 0 Å². The summed E-state index contributed by atoms with van der Waals surface area (Å²) in [6, 6.07) is 0. The number of hydrogen-bond donors (Lipinski definition) is 0. The van der Waals surface area contributed by atoms with Crippen LogP contribution in [0.15, 0.2) is 0 Å². The van der Waals surface area contributed by atoms with Gasteiger partial charge in [-0.1, -0.05) is 54.4 Å². The van der Waals surface area contributed by atoms with Gasteiger partial charge in [0, 0.05) is 0 Å². The van der Waals surface area contributed by atoms with E-state index in [1.54, 1.807) is 0 Å². The predicted octanol–water partition coefficient (Wildman–Crippen LogP) is 5.13. The predicted molar refractivity (Wildman–Crippen MR) is 68.9 cm³/mol. The number of rotatable bonds is 4. The first-order valence-corrected chi connectivity index (χ1v) is 6.97. The molecule has 1 fully saturated rings. The zero-order valence-corrected chi connectivity index (χ0v) is 11.6. The largest absolute Gasteiger partial charge is 0.0651 e. The van der Waals surface area contributed by atoms with Crippen LogP contribution in [0.25, 0.3) is 0 Å². The molecule has 90 valence electrons. The Labute approximate surface area is 96.8 Å². The van der Waals surface area contributed by atoms with Gasteiger partial charge in [0.2, 0.25) is 0 Å². The first kappa shape index (κ1) is 13.1. The van der Waals surface area contributed by atoms with E-state index in [9.17, 15) is 0 Å². The van der Waals surface area contributed by atoms with Crippen LogP contribution in [0.2, 0.25) is 0 Å². The van der Waals surface area contributed by atoms with Crippen LogP contribution in [0, 0.1) is 29.1 Å². The van der Waals surface area contributed by atoms with Crippen molar-refractivity contribution < 1.29 is 0 Å². The Morgan fingerprint density at radius 2 is 1.80 bits per heavy atom. The zero-order chi connectivity index (χ0) is 11.6. The molecule has 0 aromatic carbocycles. The highest BCUT2D eigenvalue weighted by Crippen LogP contribution is 2.54. The van der Waals surface area contributed by atoms with Crippen molar-refractivity contribution in [1.29, 1.82) is 0 Å². The molecule has 1 aliphatic carbocycles. The van der Waals surface area contributed by atoms with E-state index in [1.165, 1.54) is 25.7 Å². The van der Waals surface area contributed by atoms with Crippen molar-refractivity contribution >= 4 is 0 Å². The SMILES string of the molecule is CCC(C)C1CCC(C)(C(C)CC)C1C. The summed E-state index contributed by atoms with van der Waals surface area (Å²) in [7, 11) is 0. The van der Waals surface area contributed by atoms with Crippen molar-refractivity contribution in [2.75, 3.05) is 0 Å². The van der Waals surface area contributed by atoms with E-state index in [2.05, 4.69) is 41.5 Å². The summed E-state index contributed by atoms with van der Waals surface area (Å²) in [4.78, 5) is 0. The Hall–Kier alpha value is 0. The third-order valence-electron chi connectivity index (χ3n) is 5.81. The maximum absolute atomic E-state index is 2.54. The van der Waals surface area contributed by atoms with Crippen molar-refractivity contribution in [2.45, 2.75) is 67.2 Å². The molecule has 1 saturated carbocycles. The molecule has 0 heterocycles. The van der Waals surface area contributed by atoms with E-state index in [0.29, 0.717) is 5.41 Å². The molecule has 5 unspecified atom stereocenters. The lowest BCUT2D eigenvalue weighted by Gasteiger charge is -2.38. The van der Waals surface area contributed by atoms with Crippen molar-refractivity contribution in [3.8, 4) is 0 Å². The first-order valence-electron chi connectivity index (χ1n) is 6.97. The molecule has 0 N–H and O–H groups in total. The minimum absolute atomic E-state index is 0.614. The van der Waals surface area contributed by atoms with Gasteiger partial charge in [0.15, 0.2) is 0 Å². The summed E-state index contributed by atoms with van der Waals surface area (Å²) < 4.78 is 0. The van der Waals surface area contributed by atoms with Crippen LogP contribution in [0.4, 0.5) is 0 Å². The first-order chi connectivity index (χ1) is 6.97. The topological polar surface area (TPSA) is 0 Å². The molecule has 0 aromatic heterocycles. The fourth-order valence-corrected chi connectivity index (χ4v) is 3.69.